The minimum absolute atomic E-state index is 0.0358. The van der Waals surface area contributed by atoms with Gasteiger partial charge in [-0.15, -0.1) is 0 Å². The lowest BCUT2D eigenvalue weighted by atomic mass is 9.91. The Morgan fingerprint density at radius 2 is 0.781 bits per heavy atom. The number of hydrogen-bond acceptors (Lipinski definition) is 18. The molecule has 2 aliphatic rings. The molecule has 0 unspecified atom stereocenters. The van der Waals surface area contributed by atoms with Gasteiger partial charge in [0, 0.05) is 81.9 Å². The molecule has 0 spiro atoms. The van der Waals surface area contributed by atoms with E-state index >= 15 is 0 Å². The zero-order valence-corrected chi connectivity index (χ0v) is 79.2. The molecule has 0 saturated carbocycles. The molecule has 5 heterocycles. The fourth-order valence-electron chi connectivity index (χ4n) is 18.2. The second-order valence-electron chi connectivity index (χ2n) is 34.5. The number of aromatic nitrogens is 3. The molecule has 4 atom stereocenters. The van der Waals surface area contributed by atoms with Crippen LogP contribution in [0.15, 0.2) is 304 Å². The summed E-state index contributed by atoms with van der Waals surface area (Å²) in [5.41, 5.74) is 16.3. The van der Waals surface area contributed by atoms with Crippen molar-refractivity contribution in [2.75, 3.05) is 59.8 Å². The van der Waals surface area contributed by atoms with E-state index < -0.39 is 36.0 Å². The molecule has 1 fully saturated rings. The van der Waals surface area contributed by atoms with Crippen LogP contribution < -0.4 is 23.8 Å². The Labute approximate surface area is 802 Å². The van der Waals surface area contributed by atoms with Crippen molar-refractivity contribution in [1.29, 1.82) is 0 Å². The van der Waals surface area contributed by atoms with Gasteiger partial charge >= 0.3 is 23.9 Å². The third-order valence-electron chi connectivity index (χ3n) is 25.2. The molecule has 0 radical (unpaired) electrons. The molecule has 0 amide bonds. The topological polar surface area (TPSA) is 250 Å². The van der Waals surface area contributed by atoms with E-state index in [1.807, 2.05) is 127 Å². The van der Waals surface area contributed by atoms with Gasteiger partial charge in [0.25, 0.3) is 0 Å². The van der Waals surface area contributed by atoms with Gasteiger partial charge in [0.05, 0.1) is 112 Å². The number of aryl methyl sites for hydroxylation is 5. The molecule has 15 aromatic rings. The van der Waals surface area contributed by atoms with Gasteiger partial charge in [-0.25, -0.2) is 19.2 Å². The zero-order chi connectivity index (χ0) is 96.0. The Balaban J connectivity index is 0.000000147. The normalized spacial score (nSPS) is 14.2. The van der Waals surface area contributed by atoms with Crippen LogP contribution in [0.25, 0.3) is 32.7 Å². The van der Waals surface area contributed by atoms with Gasteiger partial charge in [-0.1, -0.05) is 234 Å². The van der Waals surface area contributed by atoms with Crippen molar-refractivity contribution in [1.82, 2.24) is 13.7 Å². The fourth-order valence-corrected chi connectivity index (χ4v) is 18.2. The number of ether oxygens (including phenoxy) is 9. The van der Waals surface area contributed by atoms with E-state index in [-0.39, 0.29) is 36.7 Å². The third-order valence-corrected chi connectivity index (χ3v) is 25.2. The predicted molar refractivity (Wildman–Crippen MR) is 537 cm³/mol. The van der Waals surface area contributed by atoms with Crippen molar-refractivity contribution in [3.63, 3.8) is 0 Å². The van der Waals surface area contributed by atoms with Gasteiger partial charge < -0.3 is 81.7 Å². The third kappa shape index (κ3) is 24.7. The summed E-state index contributed by atoms with van der Waals surface area (Å²) < 4.78 is 58.0. The number of methoxy groups -OCH3 is 4. The molecule has 21 heteroatoms. The molecule has 3 aromatic heterocycles. The number of anilines is 1. The molecule has 4 N–H and O–H groups in total. The summed E-state index contributed by atoms with van der Waals surface area (Å²) >= 11 is 0. The zero-order valence-electron chi connectivity index (χ0n) is 79.2. The van der Waals surface area contributed by atoms with Crippen LogP contribution in [0.3, 0.4) is 0 Å². The van der Waals surface area contributed by atoms with Crippen molar-refractivity contribution in [2.24, 2.45) is 0 Å². The molecule has 0 aliphatic carbocycles. The van der Waals surface area contributed by atoms with Crippen LogP contribution in [-0.4, -0.2) is 131 Å². The van der Waals surface area contributed by atoms with Gasteiger partial charge in [-0.3, -0.25) is 0 Å². The van der Waals surface area contributed by atoms with E-state index in [1.165, 1.54) is 22.1 Å². The largest absolute Gasteiger partial charge is 0.507 e. The number of aromatic hydroxyl groups is 2. The smallest absolute Gasteiger partial charge is 0.338 e. The van der Waals surface area contributed by atoms with Crippen LogP contribution in [0.1, 0.15) is 181 Å². The quantitative estimate of drug-likeness (QED) is 0.0159. The van der Waals surface area contributed by atoms with Crippen LogP contribution in [-0.2, 0) is 94.0 Å². The van der Waals surface area contributed by atoms with Crippen molar-refractivity contribution < 1.29 is 82.2 Å². The number of nitrogens with zero attached hydrogens (tertiary/aromatic N) is 4. The first kappa shape index (κ1) is 98.6. The van der Waals surface area contributed by atoms with E-state index in [1.54, 1.807) is 113 Å². The van der Waals surface area contributed by atoms with E-state index in [2.05, 4.69) is 131 Å². The number of benzene rings is 12. The number of fused-ring (bicyclic) bond motifs is 6. The number of phenolic OH excluding ortho intramolecular Hbond substituents is 2. The Bertz CT molecular complexity index is 6480. The molecule has 0 bridgehead atoms. The molecule has 2 aliphatic heterocycles. The summed E-state index contributed by atoms with van der Waals surface area (Å²) in [6, 6.07) is 90.3. The van der Waals surface area contributed by atoms with Crippen molar-refractivity contribution in [3.05, 3.63) is 387 Å². The predicted octanol–water partition coefficient (Wildman–Crippen LogP) is 22.7. The maximum atomic E-state index is 12.5. The number of phenols is 2. The average Bonchev–Trinajstić information content (AvgIpc) is 1.55. The van der Waals surface area contributed by atoms with Crippen molar-refractivity contribution in [2.45, 2.75) is 167 Å². The number of unbranched alkanes of at least 4 members (excludes halogenated alkanes) is 3. The highest BCUT2D eigenvalue weighted by Gasteiger charge is 2.58. The SMILES string of the molecule is CCCCc1ccc(O)c(Cn2cc(CCCOC(=O)c3ccccc3)c3ccccc32)c1O.CCCCc1ccc(OC)c(CN2c3ccccc3[C@]3(O)C[C@H](COC(=O)c4ccccc4)O[C@H]23)c1OC.CCCCc1ccc(OC)c(Cn2cc(CCCOC(=O)c3ccccc3)c3ccccc32)c1OC.O=C(OC[C@@H](O)Cc1cn(Cc2ccccc2)c2ccccc12)c1ccccc1. The monoisotopic (exact) mass is 1840 g/mol. The first-order valence-electron chi connectivity index (χ1n) is 47.5. The summed E-state index contributed by atoms with van der Waals surface area (Å²) in [6.07, 6.45) is 17.4. The molecule has 710 valence electrons. The molecule has 17 rings (SSSR count). The maximum Gasteiger partial charge on any atom is 0.338 e. The number of rotatable bonds is 39. The first-order valence-corrected chi connectivity index (χ1v) is 47.5. The van der Waals surface area contributed by atoms with Crippen LogP contribution in [0.5, 0.6) is 34.5 Å². The summed E-state index contributed by atoms with van der Waals surface area (Å²) in [5, 5.41) is 47.2. The van der Waals surface area contributed by atoms with Crippen LogP contribution in [0.4, 0.5) is 5.69 Å². The van der Waals surface area contributed by atoms with E-state index in [0.717, 1.165) is 179 Å². The highest BCUT2D eigenvalue weighted by atomic mass is 16.6. The Kier molecular flexibility index (Phi) is 35.1. The highest BCUT2D eigenvalue weighted by molar-refractivity contribution is 5.92. The number of carbonyl (C=O) groups is 4. The molecule has 12 aromatic carbocycles. The minimum atomic E-state index is -1.24. The number of esters is 4. The lowest BCUT2D eigenvalue weighted by Gasteiger charge is -2.30. The summed E-state index contributed by atoms with van der Waals surface area (Å²) in [4.78, 5) is 51.1. The van der Waals surface area contributed by atoms with Crippen LogP contribution in [0, 0.1) is 0 Å². The average molecular weight is 1850 g/mol. The number of para-hydroxylation sites is 4. The Hall–Kier alpha value is -14.4. The molecule has 21 nitrogen and oxygen atoms in total. The van der Waals surface area contributed by atoms with Crippen LogP contribution >= 0.6 is 0 Å². The summed E-state index contributed by atoms with van der Waals surface area (Å²) in [6.45, 7) is 9.45. The van der Waals surface area contributed by atoms with Gasteiger partial charge in [0.2, 0.25) is 0 Å². The number of carbonyl (C=O) groups excluding carboxylic acids is 4. The number of aliphatic hydroxyl groups is 2. The second-order valence-corrected chi connectivity index (χ2v) is 34.5. The number of aliphatic hydroxyl groups excluding tert-OH is 1. The molecule has 1 saturated heterocycles. The summed E-state index contributed by atoms with van der Waals surface area (Å²) in [5.74, 6) is 2.14. The Morgan fingerprint density at radius 3 is 1.26 bits per heavy atom. The Morgan fingerprint density at radius 1 is 0.394 bits per heavy atom. The van der Waals surface area contributed by atoms with Gasteiger partial charge in [0.15, 0.2) is 6.23 Å². The lowest BCUT2D eigenvalue weighted by Crippen LogP contribution is -2.41. The van der Waals surface area contributed by atoms with Crippen molar-refractivity contribution in [3.8, 4) is 34.5 Å². The molecule has 137 heavy (non-hydrogen) atoms. The van der Waals surface area contributed by atoms with Crippen LogP contribution in [0.2, 0.25) is 0 Å². The van der Waals surface area contributed by atoms with Crippen molar-refractivity contribution >= 4 is 62.3 Å². The van der Waals surface area contributed by atoms with Gasteiger partial charge in [-0.2, -0.15) is 0 Å². The second kappa shape index (κ2) is 48.7. The van der Waals surface area contributed by atoms with E-state index in [0.29, 0.717) is 79.9 Å². The highest BCUT2D eigenvalue weighted by Crippen LogP contribution is 2.53. The number of hydrogen-bond donors (Lipinski definition) is 4. The lowest BCUT2D eigenvalue weighted by molar-refractivity contribution is -0.0510. The molecular formula is C116H124N4O17. The summed E-state index contributed by atoms with van der Waals surface area (Å²) in [7, 11) is 6.79. The fraction of sp³-hybridized carbons (Fsp3) is 0.293. The minimum Gasteiger partial charge on any atom is -0.507 e. The molecular weight excluding hydrogens is 1720 g/mol. The van der Waals surface area contributed by atoms with E-state index in [4.69, 9.17) is 42.6 Å². The van der Waals surface area contributed by atoms with Gasteiger partial charge in [0.1, 0.15) is 53.3 Å². The van der Waals surface area contributed by atoms with E-state index in [9.17, 15) is 39.6 Å². The van der Waals surface area contributed by atoms with Gasteiger partial charge in [-0.05, 0) is 194 Å². The maximum absolute atomic E-state index is 12.5. The standard InChI is InChI=1S/C31H35NO6.C31H35NO4.C29H31NO4.C25H23NO3/c1-4-5-11-21-16-17-27(35-2)24(28(21)36-3)19-32-26-15-10-9-14-25(26)31(34)18-23(38-30(31)32)20-37-29(33)22-12-7-6-8-13-22;1-4-5-12-23-18-19-29(34-2)27(30(23)35-3)22-32-21-25(26-16-9-10-17-28(26)32)15-11-20-36-31(33)24-13-7-6-8-14-24;1-2-3-10-21-16-17-27(31)25(28(21)32)20-30-19-23(24-14-7-8-15-26(24)30)13-9-18-34-29(33)22-11-5-4-6-12-22;27-22(18-29-25(28)20-11-5-2-6-12-20)15-21-17-26(16-19-9-3-1-4-10-19)24-14-8-7-13-23(21)24/h6-10,12-17,23,30,34H,4-5,11,18-20H2,1-3H3;6-10,13-14,16-19,21H,4-5,11-12,15,20,22H2,1-3H3;4-8,11-12,14-17,19,31-32H,2-3,9-10,13,18,20H2,1H3;1-14,17,22,27H,15-16,18H2/t23-,30+,31-;;;22-/m1..0/s1. The first-order chi connectivity index (χ1) is 66.9.